The lowest BCUT2D eigenvalue weighted by Crippen LogP contribution is -2.14. The van der Waals surface area contributed by atoms with Crippen molar-refractivity contribution in [2.75, 3.05) is 0 Å². The molecule has 0 heterocycles. The van der Waals surface area contributed by atoms with E-state index in [1.165, 1.54) is 148 Å². The zero-order valence-corrected chi connectivity index (χ0v) is 28.9. The predicted molar refractivity (Wildman–Crippen MR) is 180 cm³/mol. The number of hydrogen-bond donors (Lipinski definition) is 0. The van der Waals surface area contributed by atoms with Gasteiger partial charge in [-0.05, 0) is 47.3 Å². The molecule has 0 heteroatoms. The molecule has 0 aliphatic heterocycles. The van der Waals surface area contributed by atoms with Crippen LogP contribution in [0.4, 0.5) is 0 Å². The molecular formula is C39H78. The Morgan fingerprint density at radius 1 is 0.308 bits per heavy atom. The van der Waals surface area contributed by atoms with Gasteiger partial charge < -0.3 is 0 Å². The molecule has 4 fully saturated rings. The van der Waals surface area contributed by atoms with E-state index in [1.807, 2.05) is 0 Å². The van der Waals surface area contributed by atoms with E-state index >= 15 is 0 Å². The summed E-state index contributed by atoms with van der Waals surface area (Å²) in [6.45, 7) is 18.7. The third kappa shape index (κ3) is 18.2. The molecule has 0 aromatic heterocycles. The molecule has 39 heavy (non-hydrogen) atoms. The molecule has 0 aromatic carbocycles. The van der Waals surface area contributed by atoms with Crippen LogP contribution in [0.5, 0.6) is 0 Å². The Labute approximate surface area is 250 Å². The lowest BCUT2D eigenvalue weighted by molar-refractivity contribution is 0.251. The van der Waals surface area contributed by atoms with Crippen molar-refractivity contribution in [1.29, 1.82) is 0 Å². The summed E-state index contributed by atoms with van der Waals surface area (Å²) in [6.07, 6.45) is 34.0. The van der Waals surface area contributed by atoms with E-state index in [0.29, 0.717) is 0 Å². The maximum atomic E-state index is 2.38. The fourth-order valence-corrected chi connectivity index (χ4v) is 7.84. The smallest absolute Gasteiger partial charge is 0.0414 e. The van der Waals surface area contributed by atoms with E-state index in [4.69, 9.17) is 0 Å². The Hall–Kier alpha value is 0. The first-order chi connectivity index (χ1) is 18.8. The van der Waals surface area contributed by atoms with Gasteiger partial charge in [0.1, 0.15) is 0 Å². The molecule has 0 saturated heterocycles. The summed E-state index contributed by atoms with van der Waals surface area (Å²) in [5.74, 6) is 8.45. The summed E-state index contributed by atoms with van der Waals surface area (Å²) in [6, 6.07) is 0. The second kappa shape index (κ2) is 23.6. The van der Waals surface area contributed by atoms with Gasteiger partial charge in [0.15, 0.2) is 0 Å². The van der Waals surface area contributed by atoms with Crippen LogP contribution in [0.25, 0.3) is 0 Å². The lowest BCUT2D eigenvalue weighted by Gasteiger charge is -2.27. The first-order valence-corrected chi connectivity index (χ1v) is 18.8. The maximum absolute atomic E-state index is 2.38. The van der Waals surface area contributed by atoms with Crippen molar-refractivity contribution in [3.8, 4) is 0 Å². The van der Waals surface area contributed by atoms with Crippen LogP contribution in [0.15, 0.2) is 0 Å². The zero-order chi connectivity index (χ0) is 28.9. The highest BCUT2D eigenvalue weighted by Crippen LogP contribution is 2.34. The van der Waals surface area contributed by atoms with Crippen molar-refractivity contribution in [2.45, 2.75) is 203 Å². The Bertz CT molecular complexity index is 454. The van der Waals surface area contributed by atoms with Crippen LogP contribution in [-0.2, 0) is 0 Å². The normalized spacial score (nSPS) is 34.8. The van der Waals surface area contributed by atoms with Crippen molar-refractivity contribution in [1.82, 2.24) is 0 Å². The van der Waals surface area contributed by atoms with Crippen LogP contribution in [0.2, 0.25) is 0 Å². The molecule has 234 valence electrons. The van der Waals surface area contributed by atoms with E-state index in [9.17, 15) is 0 Å². The Morgan fingerprint density at radius 3 is 0.744 bits per heavy atom. The molecule has 4 aliphatic rings. The molecule has 0 nitrogen and oxygen atoms in total. The first kappa shape index (κ1) is 37.0. The third-order valence-corrected chi connectivity index (χ3v) is 11.5. The van der Waals surface area contributed by atoms with Crippen molar-refractivity contribution >= 4 is 0 Å². The molecule has 0 aromatic rings. The molecule has 0 atom stereocenters. The molecule has 0 amide bonds. The summed E-state index contributed by atoms with van der Waals surface area (Å²) < 4.78 is 0. The van der Waals surface area contributed by atoms with Crippen molar-refractivity contribution < 1.29 is 0 Å². The predicted octanol–water partition coefficient (Wildman–Crippen LogP) is 14.1. The molecular weight excluding hydrogens is 468 g/mol. The monoisotopic (exact) mass is 547 g/mol. The van der Waals surface area contributed by atoms with Gasteiger partial charge in [0, 0.05) is 0 Å². The highest BCUT2D eigenvalue weighted by atomic mass is 14.3. The van der Waals surface area contributed by atoms with E-state index < -0.39 is 0 Å². The third-order valence-electron chi connectivity index (χ3n) is 11.5. The molecule has 0 N–H and O–H groups in total. The second-order valence-electron chi connectivity index (χ2n) is 15.1. The molecule has 0 unspecified atom stereocenters. The zero-order valence-electron chi connectivity index (χ0n) is 28.9. The van der Waals surface area contributed by atoms with Gasteiger partial charge in [-0.25, -0.2) is 0 Å². The Kier molecular flexibility index (Phi) is 22.4. The topological polar surface area (TPSA) is 0 Å². The number of hydrogen-bond acceptors (Lipinski definition) is 0. The van der Waals surface area contributed by atoms with Crippen LogP contribution < -0.4 is 0 Å². The van der Waals surface area contributed by atoms with E-state index in [2.05, 4.69) is 55.4 Å². The molecule has 0 radical (unpaired) electrons. The second-order valence-corrected chi connectivity index (χ2v) is 15.1. The summed E-state index contributed by atoms with van der Waals surface area (Å²) in [4.78, 5) is 0. The van der Waals surface area contributed by atoms with E-state index in [-0.39, 0.29) is 0 Å². The minimum Gasteiger partial charge on any atom is -0.0654 e. The molecule has 4 rings (SSSR count). The molecule has 4 aliphatic carbocycles. The van der Waals surface area contributed by atoms with E-state index in [1.54, 1.807) is 0 Å². The Morgan fingerprint density at radius 2 is 0.513 bits per heavy atom. The molecule has 0 bridgehead atoms. The van der Waals surface area contributed by atoms with Crippen LogP contribution in [0.3, 0.4) is 0 Å². The van der Waals surface area contributed by atoms with Gasteiger partial charge in [-0.3, -0.25) is 0 Å². The van der Waals surface area contributed by atoms with Gasteiger partial charge in [0.2, 0.25) is 0 Å². The highest BCUT2D eigenvalue weighted by Gasteiger charge is 2.20. The largest absolute Gasteiger partial charge is 0.0654 e. The van der Waals surface area contributed by atoms with Gasteiger partial charge in [0.05, 0.1) is 0 Å². The van der Waals surface area contributed by atoms with Gasteiger partial charge >= 0.3 is 0 Å². The Balaban J connectivity index is 0.000000263. The van der Waals surface area contributed by atoms with Crippen LogP contribution in [-0.4, -0.2) is 0 Å². The minimum absolute atomic E-state index is 1.02. The van der Waals surface area contributed by atoms with Gasteiger partial charge in [-0.15, -0.1) is 0 Å². The summed E-state index contributed by atoms with van der Waals surface area (Å²) in [5, 5.41) is 0. The fourth-order valence-electron chi connectivity index (χ4n) is 7.84. The van der Waals surface area contributed by atoms with Crippen LogP contribution in [0.1, 0.15) is 203 Å². The van der Waals surface area contributed by atoms with Gasteiger partial charge in [0.25, 0.3) is 0 Å². The van der Waals surface area contributed by atoms with Crippen molar-refractivity contribution in [3.63, 3.8) is 0 Å². The first-order valence-electron chi connectivity index (χ1n) is 18.8. The number of rotatable bonds is 7. The average molecular weight is 547 g/mol. The summed E-state index contributed by atoms with van der Waals surface area (Å²) >= 11 is 0. The van der Waals surface area contributed by atoms with Crippen molar-refractivity contribution in [2.24, 2.45) is 47.3 Å². The minimum atomic E-state index is 1.02. The van der Waals surface area contributed by atoms with Gasteiger partial charge in [-0.1, -0.05) is 203 Å². The summed E-state index contributed by atoms with van der Waals surface area (Å²) in [7, 11) is 0. The van der Waals surface area contributed by atoms with E-state index in [0.717, 1.165) is 47.3 Å². The standard InChI is InChI=1S/C12H24.C10H20.C9H18.C8H16/c1-3-5-11-7-9-12(6-4-2)10-8-11;1-3-9-5-7-10(4-2)8-6-9;1-3-9-6-4-8(2)5-7-9;1-7-3-5-8(2)6-4-7/h11-12H,3-10H2,1-2H3;9-10H,3-8H2,1-2H3;8-9H,3-7H2,1-2H3;7-8H,3-6H2,1-2H3. The highest BCUT2D eigenvalue weighted by molar-refractivity contribution is 4.72. The SMILES string of the molecule is CC1CCC(C)CC1.CCC1CCC(C)CC1.CCC1CCC(CC)CC1.CCCC1CCC(CCC)CC1. The van der Waals surface area contributed by atoms with Crippen molar-refractivity contribution in [3.05, 3.63) is 0 Å². The van der Waals surface area contributed by atoms with Gasteiger partial charge in [-0.2, -0.15) is 0 Å². The van der Waals surface area contributed by atoms with Crippen LogP contribution >= 0.6 is 0 Å². The maximum Gasteiger partial charge on any atom is -0.0414 e. The molecule has 0 spiro atoms. The molecule has 4 saturated carbocycles. The average Bonchev–Trinajstić information content (AvgIpc) is 2.97. The fraction of sp³-hybridized carbons (Fsp3) is 1.00. The quantitative estimate of drug-likeness (QED) is 0.298. The lowest BCUT2D eigenvalue weighted by atomic mass is 9.78. The van der Waals surface area contributed by atoms with Crippen LogP contribution in [0, 0.1) is 47.3 Å². The summed E-state index contributed by atoms with van der Waals surface area (Å²) in [5.41, 5.74) is 0.